The summed E-state index contributed by atoms with van der Waals surface area (Å²) in [6.45, 7) is 1.80. The zero-order valence-corrected chi connectivity index (χ0v) is 20.1. The fraction of sp³-hybridized carbons (Fsp3) is 0.962. The summed E-state index contributed by atoms with van der Waals surface area (Å²) in [7, 11) is 3.55. The fourth-order valence-electron chi connectivity index (χ4n) is 4.46. The minimum atomic E-state index is 0.0617. The number of hydrogen-bond acceptors (Lipinski definition) is 4. The molecule has 0 radical (unpaired) electrons. The highest BCUT2D eigenvalue weighted by atomic mass is 16.6. The van der Waals surface area contributed by atoms with Gasteiger partial charge in [-0.3, -0.25) is 4.79 Å². The third-order valence-electron chi connectivity index (χ3n) is 6.47. The number of hydrogen-bond donors (Lipinski definition) is 0. The Hall–Kier alpha value is -0.610. The van der Waals surface area contributed by atoms with E-state index in [4.69, 9.17) is 14.2 Å². The molecule has 1 rings (SSSR count). The quantitative estimate of drug-likeness (QED) is 0.128. The van der Waals surface area contributed by atoms with Gasteiger partial charge in [-0.25, -0.2) is 0 Å². The number of cyclic esters (lactones) is 1. The summed E-state index contributed by atoms with van der Waals surface area (Å²) in [6.07, 6.45) is 24.3. The maximum atomic E-state index is 11.8. The van der Waals surface area contributed by atoms with Gasteiger partial charge in [0.25, 0.3) is 0 Å². The zero-order chi connectivity index (χ0) is 21.7. The highest BCUT2D eigenvalue weighted by Gasteiger charge is 2.40. The molecule has 0 unspecified atom stereocenters. The van der Waals surface area contributed by atoms with Crippen LogP contribution in [0.3, 0.4) is 0 Å². The van der Waals surface area contributed by atoms with Crippen molar-refractivity contribution in [1.82, 2.24) is 0 Å². The molecule has 0 bridgehead atoms. The standard InChI is InChI=1S/C26H50O4/c1-28-22-18-14-10-6-3-4-9-13-17-21-25-24(26(27)30-25)20-16-12-8-5-7-11-15-19-23-29-2/h24-25H,3-23H2,1-2H3/t24-,25+/m1/s1. The number of rotatable bonds is 23. The molecule has 1 heterocycles. The molecule has 0 aromatic heterocycles. The Morgan fingerprint density at radius 3 is 1.33 bits per heavy atom. The van der Waals surface area contributed by atoms with Crippen molar-refractivity contribution in [2.75, 3.05) is 27.4 Å². The van der Waals surface area contributed by atoms with Crippen molar-refractivity contribution in [1.29, 1.82) is 0 Å². The van der Waals surface area contributed by atoms with E-state index < -0.39 is 0 Å². The lowest BCUT2D eigenvalue weighted by molar-refractivity contribution is -0.186. The summed E-state index contributed by atoms with van der Waals surface area (Å²) >= 11 is 0. The molecule has 0 spiro atoms. The molecule has 30 heavy (non-hydrogen) atoms. The van der Waals surface area contributed by atoms with Crippen LogP contribution in [0, 0.1) is 5.92 Å². The Kier molecular flexibility index (Phi) is 18.6. The topological polar surface area (TPSA) is 44.8 Å². The summed E-state index contributed by atoms with van der Waals surface area (Å²) in [5, 5.41) is 0. The minimum Gasteiger partial charge on any atom is -0.461 e. The molecule has 178 valence electrons. The molecule has 0 aromatic rings. The predicted octanol–water partition coefficient (Wildman–Crippen LogP) is 7.23. The SMILES string of the molecule is COCCCCCCCCCCC[C@@H]1OC(=O)[C@@H]1CCCCCCCCCCOC. The van der Waals surface area contributed by atoms with Crippen LogP contribution in [-0.4, -0.2) is 39.5 Å². The largest absolute Gasteiger partial charge is 0.461 e. The number of methoxy groups -OCH3 is 2. The van der Waals surface area contributed by atoms with Crippen LogP contribution >= 0.6 is 0 Å². The van der Waals surface area contributed by atoms with Crippen molar-refractivity contribution >= 4 is 5.97 Å². The number of carbonyl (C=O) groups is 1. The van der Waals surface area contributed by atoms with E-state index in [-0.39, 0.29) is 18.0 Å². The van der Waals surface area contributed by atoms with Gasteiger partial charge in [-0.2, -0.15) is 0 Å². The van der Waals surface area contributed by atoms with Gasteiger partial charge < -0.3 is 14.2 Å². The van der Waals surface area contributed by atoms with E-state index in [0.717, 1.165) is 26.1 Å². The Bertz CT molecular complexity index is 385. The summed E-state index contributed by atoms with van der Waals surface area (Å²) in [6, 6.07) is 0. The van der Waals surface area contributed by atoms with Crippen LogP contribution in [0.5, 0.6) is 0 Å². The maximum Gasteiger partial charge on any atom is 0.313 e. The molecule has 0 aromatic carbocycles. The van der Waals surface area contributed by atoms with Gasteiger partial charge in [0.15, 0.2) is 0 Å². The second-order valence-electron chi connectivity index (χ2n) is 9.16. The van der Waals surface area contributed by atoms with Gasteiger partial charge >= 0.3 is 5.97 Å². The van der Waals surface area contributed by atoms with Crippen LogP contribution in [0.1, 0.15) is 122 Å². The molecular weight excluding hydrogens is 376 g/mol. The summed E-state index contributed by atoms with van der Waals surface area (Å²) in [5.41, 5.74) is 0. The first kappa shape index (κ1) is 27.4. The number of carbonyl (C=O) groups excluding carboxylic acids is 1. The van der Waals surface area contributed by atoms with Crippen LogP contribution in [0.25, 0.3) is 0 Å². The van der Waals surface area contributed by atoms with Crippen LogP contribution in [0.15, 0.2) is 0 Å². The second kappa shape index (κ2) is 20.3. The third kappa shape index (κ3) is 14.4. The number of unbranched alkanes of at least 4 members (excludes halogenated alkanes) is 15. The van der Waals surface area contributed by atoms with Crippen molar-refractivity contribution in [3.63, 3.8) is 0 Å². The average molecular weight is 427 g/mol. The smallest absolute Gasteiger partial charge is 0.313 e. The van der Waals surface area contributed by atoms with Crippen LogP contribution in [0.4, 0.5) is 0 Å². The summed E-state index contributed by atoms with van der Waals surface area (Å²) in [4.78, 5) is 11.8. The van der Waals surface area contributed by atoms with Crippen LogP contribution < -0.4 is 0 Å². The van der Waals surface area contributed by atoms with Gasteiger partial charge in [-0.1, -0.05) is 89.9 Å². The van der Waals surface area contributed by atoms with Crippen molar-refractivity contribution in [3.8, 4) is 0 Å². The summed E-state index contributed by atoms with van der Waals surface area (Å²) < 4.78 is 15.6. The van der Waals surface area contributed by atoms with Crippen molar-refractivity contribution < 1.29 is 19.0 Å². The lowest BCUT2D eigenvalue weighted by Gasteiger charge is -2.35. The van der Waals surface area contributed by atoms with Crippen LogP contribution in [0.2, 0.25) is 0 Å². The number of ether oxygens (including phenoxy) is 3. The zero-order valence-electron chi connectivity index (χ0n) is 20.1. The van der Waals surface area contributed by atoms with E-state index in [1.54, 1.807) is 14.2 Å². The molecule has 4 heteroatoms. The van der Waals surface area contributed by atoms with Gasteiger partial charge in [-0.15, -0.1) is 0 Å². The summed E-state index contributed by atoms with van der Waals surface area (Å²) in [5.74, 6) is 0.262. The van der Waals surface area contributed by atoms with E-state index in [1.807, 2.05) is 0 Å². The van der Waals surface area contributed by atoms with Gasteiger partial charge in [0.05, 0.1) is 5.92 Å². The predicted molar refractivity (Wildman–Crippen MR) is 125 cm³/mol. The first-order valence-electron chi connectivity index (χ1n) is 13.0. The van der Waals surface area contributed by atoms with Crippen LogP contribution in [-0.2, 0) is 19.0 Å². The lowest BCUT2D eigenvalue weighted by Crippen LogP contribution is -2.44. The average Bonchev–Trinajstić information content (AvgIpc) is 2.75. The molecule has 0 saturated carbocycles. The van der Waals surface area contributed by atoms with Gasteiger partial charge in [-0.05, 0) is 32.1 Å². The fourth-order valence-corrected chi connectivity index (χ4v) is 4.46. The normalized spacial score (nSPS) is 18.4. The van der Waals surface area contributed by atoms with Gasteiger partial charge in [0.1, 0.15) is 6.10 Å². The van der Waals surface area contributed by atoms with E-state index >= 15 is 0 Å². The number of esters is 1. The molecule has 0 N–H and O–H groups in total. The highest BCUT2D eigenvalue weighted by Crippen LogP contribution is 2.31. The molecule has 0 aliphatic carbocycles. The monoisotopic (exact) mass is 426 g/mol. The van der Waals surface area contributed by atoms with Crippen molar-refractivity contribution in [3.05, 3.63) is 0 Å². The molecule has 0 amide bonds. The maximum absolute atomic E-state index is 11.8. The minimum absolute atomic E-state index is 0.0617. The molecule has 1 aliphatic heterocycles. The Labute approximate surface area is 186 Å². The molecule has 4 nitrogen and oxygen atoms in total. The Morgan fingerprint density at radius 1 is 0.567 bits per heavy atom. The molecule has 1 fully saturated rings. The first-order valence-corrected chi connectivity index (χ1v) is 13.0. The molecular formula is C26H50O4. The van der Waals surface area contributed by atoms with Crippen molar-refractivity contribution in [2.24, 2.45) is 5.92 Å². The second-order valence-corrected chi connectivity index (χ2v) is 9.16. The third-order valence-corrected chi connectivity index (χ3v) is 6.47. The van der Waals surface area contributed by atoms with Crippen molar-refractivity contribution in [2.45, 2.75) is 128 Å². The highest BCUT2D eigenvalue weighted by molar-refractivity contribution is 5.78. The molecule has 1 aliphatic rings. The van der Waals surface area contributed by atoms with E-state index in [1.165, 1.54) is 109 Å². The Balaban J connectivity index is 1.86. The molecule has 2 atom stereocenters. The van der Waals surface area contributed by atoms with E-state index in [0.29, 0.717) is 0 Å². The lowest BCUT2D eigenvalue weighted by atomic mass is 9.87. The van der Waals surface area contributed by atoms with Gasteiger partial charge in [0, 0.05) is 27.4 Å². The Morgan fingerprint density at radius 2 is 0.933 bits per heavy atom. The first-order chi connectivity index (χ1) is 14.8. The van der Waals surface area contributed by atoms with E-state index in [2.05, 4.69) is 0 Å². The molecule has 1 saturated heterocycles. The van der Waals surface area contributed by atoms with E-state index in [9.17, 15) is 4.79 Å². The van der Waals surface area contributed by atoms with Gasteiger partial charge in [0.2, 0.25) is 0 Å².